The van der Waals surface area contributed by atoms with Crippen LogP contribution in [-0.2, 0) is 10.0 Å². The van der Waals surface area contributed by atoms with E-state index < -0.39 is 10.0 Å². The third-order valence-corrected chi connectivity index (χ3v) is 5.33. The number of thiophene rings is 1. The molecular formula is C12H23IN4O2S2. The predicted molar refractivity (Wildman–Crippen MR) is 98.9 cm³/mol. The van der Waals surface area contributed by atoms with Gasteiger partial charge >= 0.3 is 0 Å². The highest BCUT2D eigenvalue weighted by atomic mass is 127. The van der Waals surface area contributed by atoms with Gasteiger partial charge in [0, 0.05) is 19.6 Å². The van der Waals surface area contributed by atoms with Crippen LogP contribution in [0, 0.1) is 5.92 Å². The number of nitrogens with one attached hydrogen (secondary N) is 2. The molecule has 122 valence electrons. The van der Waals surface area contributed by atoms with Crippen LogP contribution in [-0.4, -0.2) is 34.0 Å². The second kappa shape index (κ2) is 10.4. The van der Waals surface area contributed by atoms with Crippen molar-refractivity contribution in [3.8, 4) is 0 Å². The van der Waals surface area contributed by atoms with Crippen molar-refractivity contribution in [1.82, 2.24) is 10.0 Å². The van der Waals surface area contributed by atoms with Crippen molar-refractivity contribution in [2.24, 2.45) is 16.6 Å². The SMILES string of the molecule is CC(C)CCN=C(N)NCCNS(=O)(=O)c1cccs1.I. The number of halogens is 1. The highest BCUT2D eigenvalue weighted by Gasteiger charge is 2.13. The zero-order valence-electron chi connectivity index (χ0n) is 12.2. The normalized spacial score (nSPS) is 12.2. The smallest absolute Gasteiger partial charge is 0.250 e. The number of guanidine groups is 1. The third-order valence-electron chi connectivity index (χ3n) is 2.47. The largest absolute Gasteiger partial charge is 0.370 e. The summed E-state index contributed by atoms with van der Waals surface area (Å²) in [6, 6.07) is 3.28. The zero-order chi connectivity index (χ0) is 15.0. The fraction of sp³-hybridized carbons (Fsp3) is 0.583. The molecule has 0 aliphatic carbocycles. The number of aliphatic imine (C=N–C) groups is 1. The molecule has 0 atom stereocenters. The van der Waals surface area contributed by atoms with Crippen molar-refractivity contribution in [3.05, 3.63) is 17.5 Å². The summed E-state index contributed by atoms with van der Waals surface area (Å²) < 4.78 is 26.4. The maximum absolute atomic E-state index is 11.8. The van der Waals surface area contributed by atoms with Crippen molar-refractivity contribution in [1.29, 1.82) is 0 Å². The summed E-state index contributed by atoms with van der Waals surface area (Å²) in [7, 11) is -3.40. The molecule has 0 aliphatic heterocycles. The molecule has 1 aromatic heterocycles. The standard InChI is InChI=1S/C12H22N4O2S2.HI/c1-10(2)5-6-14-12(13)15-7-8-16-20(17,18)11-4-3-9-19-11;/h3-4,9-10,16H,5-8H2,1-2H3,(H3,13,14,15);1H. The van der Waals surface area contributed by atoms with E-state index >= 15 is 0 Å². The van der Waals surface area contributed by atoms with E-state index in [4.69, 9.17) is 5.73 Å². The Kier molecular flexibility index (Phi) is 10.2. The maximum atomic E-state index is 11.8. The Balaban J connectivity index is 0.00000400. The van der Waals surface area contributed by atoms with Crippen molar-refractivity contribution < 1.29 is 8.42 Å². The molecule has 1 aromatic rings. The summed E-state index contributed by atoms with van der Waals surface area (Å²) in [6.07, 6.45) is 0.980. The monoisotopic (exact) mass is 446 g/mol. The van der Waals surface area contributed by atoms with Crippen LogP contribution in [0.15, 0.2) is 26.7 Å². The van der Waals surface area contributed by atoms with Gasteiger partial charge in [0.15, 0.2) is 5.96 Å². The topological polar surface area (TPSA) is 96.6 Å². The number of rotatable bonds is 8. The van der Waals surface area contributed by atoms with Gasteiger partial charge in [0.25, 0.3) is 0 Å². The molecule has 0 aromatic carbocycles. The van der Waals surface area contributed by atoms with Gasteiger partial charge in [0.2, 0.25) is 10.0 Å². The molecule has 0 saturated heterocycles. The van der Waals surface area contributed by atoms with E-state index in [9.17, 15) is 8.42 Å². The Morgan fingerprint density at radius 3 is 2.71 bits per heavy atom. The van der Waals surface area contributed by atoms with Gasteiger partial charge in [-0.1, -0.05) is 19.9 Å². The van der Waals surface area contributed by atoms with Crippen LogP contribution in [0.5, 0.6) is 0 Å². The number of hydrogen-bond acceptors (Lipinski definition) is 4. The van der Waals surface area contributed by atoms with Crippen LogP contribution in [0.3, 0.4) is 0 Å². The molecular weight excluding hydrogens is 423 g/mol. The Hall–Kier alpha value is -0.390. The number of hydrogen-bond donors (Lipinski definition) is 3. The lowest BCUT2D eigenvalue weighted by molar-refractivity contribution is 0.582. The Morgan fingerprint density at radius 2 is 2.14 bits per heavy atom. The maximum Gasteiger partial charge on any atom is 0.250 e. The molecule has 0 unspecified atom stereocenters. The highest BCUT2D eigenvalue weighted by molar-refractivity contribution is 14.0. The van der Waals surface area contributed by atoms with Crippen molar-refractivity contribution in [2.45, 2.75) is 24.5 Å². The van der Waals surface area contributed by atoms with Crippen LogP contribution < -0.4 is 15.8 Å². The number of sulfonamides is 1. The average Bonchev–Trinajstić information content (AvgIpc) is 2.89. The first-order valence-corrected chi connectivity index (χ1v) is 8.85. The predicted octanol–water partition coefficient (Wildman–Crippen LogP) is 1.59. The first-order chi connectivity index (χ1) is 9.42. The van der Waals surface area contributed by atoms with Crippen LogP contribution >= 0.6 is 35.3 Å². The molecule has 9 heteroatoms. The molecule has 0 spiro atoms. The molecule has 0 saturated carbocycles. The van der Waals surface area contributed by atoms with E-state index in [0.29, 0.717) is 29.2 Å². The fourth-order valence-corrected chi connectivity index (χ4v) is 3.43. The van der Waals surface area contributed by atoms with Crippen molar-refractivity contribution in [3.63, 3.8) is 0 Å². The van der Waals surface area contributed by atoms with Crippen molar-refractivity contribution >= 4 is 51.3 Å². The first-order valence-electron chi connectivity index (χ1n) is 6.49. The Morgan fingerprint density at radius 1 is 1.43 bits per heavy atom. The summed E-state index contributed by atoms with van der Waals surface area (Å²) in [6.45, 7) is 5.59. The highest BCUT2D eigenvalue weighted by Crippen LogP contribution is 2.14. The minimum absolute atomic E-state index is 0. The lowest BCUT2D eigenvalue weighted by Crippen LogP contribution is -2.38. The van der Waals surface area contributed by atoms with Gasteiger partial charge in [-0.3, -0.25) is 4.99 Å². The van der Waals surface area contributed by atoms with Gasteiger partial charge in [-0.15, -0.1) is 35.3 Å². The van der Waals surface area contributed by atoms with Crippen LogP contribution in [0.25, 0.3) is 0 Å². The summed E-state index contributed by atoms with van der Waals surface area (Å²) >= 11 is 1.19. The summed E-state index contributed by atoms with van der Waals surface area (Å²) in [5.74, 6) is 0.935. The Bertz CT molecular complexity index is 515. The van der Waals surface area contributed by atoms with Gasteiger partial charge in [0.05, 0.1) is 0 Å². The second-order valence-electron chi connectivity index (χ2n) is 4.71. The minimum Gasteiger partial charge on any atom is -0.370 e. The van der Waals surface area contributed by atoms with Gasteiger partial charge < -0.3 is 11.1 Å². The van der Waals surface area contributed by atoms with E-state index in [1.807, 2.05) is 0 Å². The molecule has 0 amide bonds. The van der Waals surface area contributed by atoms with E-state index in [2.05, 4.69) is 28.9 Å². The van der Waals surface area contributed by atoms with E-state index in [0.717, 1.165) is 6.42 Å². The number of nitrogens with two attached hydrogens (primary N) is 1. The van der Waals surface area contributed by atoms with Gasteiger partial charge in [0.1, 0.15) is 4.21 Å². The lowest BCUT2D eigenvalue weighted by atomic mass is 10.1. The second-order valence-corrected chi connectivity index (χ2v) is 7.65. The van der Waals surface area contributed by atoms with Crippen LogP contribution in [0.2, 0.25) is 0 Å². The minimum atomic E-state index is -3.40. The fourth-order valence-electron chi connectivity index (χ4n) is 1.36. The zero-order valence-corrected chi connectivity index (χ0v) is 16.2. The van der Waals surface area contributed by atoms with Gasteiger partial charge in [-0.05, 0) is 23.8 Å². The van der Waals surface area contributed by atoms with E-state index in [1.54, 1.807) is 17.5 Å². The summed E-state index contributed by atoms with van der Waals surface area (Å²) in [4.78, 5) is 4.16. The first kappa shape index (κ1) is 20.6. The van der Waals surface area contributed by atoms with Crippen molar-refractivity contribution in [2.75, 3.05) is 19.6 Å². The van der Waals surface area contributed by atoms with Crippen LogP contribution in [0.1, 0.15) is 20.3 Å². The molecule has 4 N–H and O–H groups in total. The van der Waals surface area contributed by atoms with E-state index in [1.165, 1.54) is 11.3 Å². The summed E-state index contributed by atoms with van der Waals surface area (Å²) in [5, 5.41) is 4.61. The van der Waals surface area contributed by atoms with E-state index in [-0.39, 0.29) is 30.5 Å². The molecule has 0 fully saturated rings. The number of nitrogens with zero attached hydrogens (tertiary/aromatic N) is 1. The molecule has 0 bridgehead atoms. The molecule has 0 aliphatic rings. The van der Waals surface area contributed by atoms with Gasteiger partial charge in [-0.2, -0.15) is 0 Å². The van der Waals surface area contributed by atoms with Gasteiger partial charge in [-0.25, -0.2) is 13.1 Å². The summed E-state index contributed by atoms with van der Waals surface area (Å²) in [5.41, 5.74) is 5.67. The molecule has 21 heavy (non-hydrogen) atoms. The molecule has 0 radical (unpaired) electrons. The molecule has 1 heterocycles. The average molecular weight is 446 g/mol. The lowest BCUT2D eigenvalue weighted by Gasteiger charge is -2.07. The molecule has 1 rings (SSSR count). The third kappa shape index (κ3) is 8.59. The van der Waals surface area contributed by atoms with Crippen LogP contribution in [0.4, 0.5) is 0 Å². The quantitative estimate of drug-likeness (QED) is 0.245. The molecule has 6 nitrogen and oxygen atoms in total. The Labute approximate surface area is 147 Å².